The van der Waals surface area contributed by atoms with E-state index in [4.69, 9.17) is 4.52 Å². The van der Waals surface area contributed by atoms with Crippen molar-refractivity contribution in [2.24, 2.45) is 0 Å². The number of nitrogens with one attached hydrogen (secondary N) is 1. The summed E-state index contributed by atoms with van der Waals surface area (Å²) in [5, 5.41) is 6.30. The number of fused-ring (bicyclic) bond motifs is 1. The van der Waals surface area contributed by atoms with Gasteiger partial charge in [-0.05, 0) is 17.7 Å². The van der Waals surface area contributed by atoms with Gasteiger partial charge in [-0.25, -0.2) is 13.2 Å². The lowest BCUT2D eigenvalue weighted by molar-refractivity contribution is 0.0865. The predicted octanol–water partition coefficient (Wildman–Crippen LogP) is 3.09. The molecular weight excluding hydrogens is 297 g/mol. The van der Waals surface area contributed by atoms with E-state index in [0.29, 0.717) is 5.39 Å². The Morgan fingerprint density at radius 2 is 2.18 bits per heavy atom. The van der Waals surface area contributed by atoms with Crippen molar-refractivity contribution in [1.29, 1.82) is 0 Å². The topological polar surface area (TPSA) is 55.1 Å². The third kappa shape index (κ3) is 2.58. The van der Waals surface area contributed by atoms with Crippen LogP contribution in [0.2, 0.25) is 0 Å². The molecule has 7 heteroatoms. The summed E-state index contributed by atoms with van der Waals surface area (Å²) in [6, 6.07) is 2.65. The first-order valence-corrected chi connectivity index (χ1v) is 6.77. The second-order valence-corrected chi connectivity index (χ2v) is 5.33. The van der Waals surface area contributed by atoms with Crippen LogP contribution in [0.3, 0.4) is 0 Å². The lowest BCUT2D eigenvalue weighted by atomic mass is 9.88. The van der Waals surface area contributed by atoms with Crippen molar-refractivity contribution in [1.82, 2.24) is 10.5 Å². The minimum Gasteiger partial charge on any atom is -0.355 e. The average Bonchev–Trinajstić information content (AvgIpc) is 2.87. The van der Waals surface area contributed by atoms with E-state index in [2.05, 4.69) is 17.1 Å². The molecule has 3 unspecified atom stereocenters. The maximum atomic E-state index is 13.9. The van der Waals surface area contributed by atoms with E-state index < -0.39 is 30.1 Å². The lowest BCUT2D eigenvalue weighted by Crippen LogP contribution is -2.46. The highest BCUT2D eigenvalue weighted by Crippen LogP contribution is 2.28. The molecule has 0 bridgehead atoms. The van der Waals surface area contributed by atoms with Crippen molar-refractivity contribution in [3.05, 3.63) is 41.9 Å². The molecule has 0 spiro atoms. The van der Waals surface area contributed by atoms with Crippen LogP contribution in [-0.2, 0) is 0 Å². The number of hydrogen-bond acceptors (Lipinski definition) is 3. The van der Waals surface area contributed by atoms with E-state index in [1.165, 1.54) is 6.07 Å². The summed E-state index contributed by atoms with van der Waals surface area (Å²) in [5.74, 6) is -1.21. The average molecular weight is 310 g/mol. The van der Waals surface area contributed by atoms with Crippen LogP contribution in [0.25, 0.3) is 11.0 Å². The summed E-state index contributed by atoms with van der Waals surface area (Å²) in [6.07, 6.45) is -3.05. The summed E-state index contributed by atoms with van der Waals surface area (Å²) >= 11 is 0. The molecule has 0 radical (unpaired) electrons. The Morgan fingerprint density at radius 3 is 2.95 bits per heavy atom. The minimum absolute atomic E-state index is 0.0815. The number of hydrogen-bond donors (Lipinski definition) is 1. The smallest absolute Gasteiger partial charge is 0.274 e. The first kappa shape index (κ1) is 14.6. The SMILES string of the molecule is C=C1CC(F)C(NC(=O)c2noc3cc(F)ccc23)CC1F. The normalized spacial score (nSPS) is 25.4. The zero-order chi connectivity index (χ0) is 15.9. The third-order valence-electron chi connectivity index (χ3n) is 3.76. The number of alkyl halides is 2. The van der Waals surface area contributed by atoms with Gasteiger partial charge in [-0.2, -0.15) is 0 Å². The molecule has 1 aromatic heterocycles. The number of rotatable bonds is 2. The largest absolute Gasteiger partial charge is 0.355 e. The lowest BCUT2D eigenvalue weighted by Gasteiger charge is -2.30. The molecule has 1 aromatic carbocycles. The summed E-state index contributed by atoms with van der Waals surface area (Å²) in [5.41, 5.74) is 0.227. The van der Waals surface area contributed by atoms with E-state index in [9.17, 15) is 18.0 Å². The second-order valence-electron chi connectivity index (χ2n) is 5.33. The first-order valence-electron chi connectivity index (χ1n) is 6.77. The second kappa shape index (κ2) is 5.47. The van der Waals surface area contributed by atoms with Crippen LogP contribution in [0.5, 0.6) is 0 Å². The monoisotopic (exact) mass is 310 g/mol. The van der Waals surface area contributed by atoms with Gasteiger partial charge in [0.05, 0.1) is 11.4 Å². The molecule has 3 rings (SSSR count). The van der Waals surface area contributed by atoms with Crippen molar-refractivity contribution in [3.8, 4) is 0 Å². The molecule has 116 valence electrons. The number of aromatic nitrogens is 1. The van der Waals surface area contributed by atoms with Crippen LogP contribution in [-0.4, -0.2) is 29.4 Å². The first-order chi connectivity index (χ1) is 10.5. The molecular formula is C15H13F3N2O2. The number of halogens is 3. The van der Waals surface area contributed by atoms with Crippen molar-refractivity contribution >= 4 is 16.9 Å². The third-order valence-corrected chi connectivity index (χ3v) is 3.76. The van der Waals surface area contributed by atoms with Crippen LogP contribution in [0.1, 0.15) is 23.3 Å². The van der Waals surface area contributed by atoms with Gasteiger partial charge in [-0.3, -0.25) is 4.79 Å². The zero-order valence-electron chi connectivity index (χ0n) is 11.5. The quantitative estimate of drug-likeness (QED) is 0.867. The van der Waals surface area contributed by atoms with Gasteiger partial charge in [0, 0.05) is 18.9 Å². The van der Waals surface area contributed by atoms with Crippen LogP contribution in [0, 0.1) is 5.82 Å². The van der Waals surface area contributed by atoms with E-state index in [1.54, 1.807) is 0 Å². The number of benzene rings is 1. The fourth-order valence-corrected chi connectivity index (χ4v) is 2.52. The Morgan fingerprint density at radius 1 is 1.41 bits per heavy atom. The molecule has 3 atom stereocenters. The molecule has 1 heterocycles. The zero-order valence-corrected chi connectivity index (χ0v) is 11.5. The number of carbonyl (C=O) groups is 1. The molecule has 0 saturated heterocycles. The highest BCUT2D eigenvalue weighted by atomic mass is 19.1. The number of allylic oxidation sites excluding steroid dienone is 1. The van der Waals surface area contributed by atoms with Gasteiger partial charge in [-0.15, -0.1) is 0 Å². The molecule has 1 N–H and O–H groups in total. The molecule has 22 heavy (non-hydrogen) atoms. The van der Waals surface area contributed by atoms with Crippen LogP contribution in [0.4, 0.5) is 13.2 Å². The van der Waals surface area contributed by atoms with E-state index in [0.717, 1.165) is 12.1 Å². The molecule has 2 aromatic rings. The van der Waals surface area contributed by atoms with Gasteiger partial charge in [0.25, 0.3) is 5.91 Å². The number of amides is 1. The van der Waals surface area contributed by atoms with Gasteiger partial charge >= 0.3 is 0 Å². The van der Waals surface area contributed by atoms with Gasteiger partial charge in [0.15, 0.2) is 11.3 Å². The van der Waals surface area contributed by atoms with Crippen molar-refractivity contribution in [2.75, 3.05) is 0 Å². The van der Waals surface area contributed by atoms with Gasteiger partial charge < -0.3 is 9.84 Å². The Balaban J connectivity index is 1.80. The van der Waals surface area contributed by atoms with E-state index >= 15 is 0 Å². The number of carbonyl (C=O) groups excluding carboxylic acids is 1. The Bertz CT molecular complexity index is 743. The van der Waals surface area contributed by atoms with Gasteiger partial charge in [0.1, 0.15) is 18.2 Å². The summed E-state index contributed by atoms with van der Waals surface area (Å²) in [4.78, 5) is 12.2. The molecule has 4 nitrogen and oxygen atoms in total. The summed E-state index contributed by atoms with van der Waals surface area (Å²) in [7, 11) is 0. The summed E-state index contributed by atoms with van der Waals surface area (Å²) in [6.45, 7) is 3.47. The van der Waals surface area contributed by atoms with Crippen LogP contribution in [0.15, 0.2) is 34.9 Å². The van der Waals surface area contributed by atoms with E-state index in [1.807, 2.05) is 0 Å². The molecule has 1 saturated carbocycles. The molecule has 1 amide bonds. The van der Waals surface area contributed by atoms with Gasteiger partial charge in [-0.1, -0.05) is 11.7 Å². The molecule has 1 fully saturated rings. The van der Waals surface area contributed by atoms with Crippen molar-refractivity contribution in [2.45, 2.75) is 31.2 Å². The Kier molecular flexibility index (Phi) is 3.64. The maximum absolute atomic E-state index is 13.9. The fourth-order valence-electron chi connectivity index (χ4n) is 2.52. The van der Waals surface area contributed by atoms with Crippen molar-refractivity contribution < 1.29 is 22.5 Å². The standard InChI is InChI=1S/C15H13F3N2O2/c1-7-4-11(18)12(6-10(7)17)19-15(21)14-9-3-2-8(16)5-13(9)22-20-14/h2-3,5,10-12H,1,4,6H2,(H,19,21). The summed E-state index contributed by atoms with van der Waals surface area (Å²) < 4.78 is 45.4. The Hall–Kier alpha value is -2.31. The van der Waals surface area contributed by atoms with Crippen LogP contribution >= 0.6 is 0 Å². The molecule has 1 aliphatic rings. The molecule has 0 aliphatic heterocycles. The predicted molar refractivity (Wildman–Crippen MR) is 73.4 cm³/mol. The van der Waals surface area contributed by atoms with E-state index in [-0.39, 0.29) is 29.7 Å². The van der Waals surface area contributed by atoms with Crippen LogP contribution < -0.4 is 5.32 Å². The number of nitrogens with zero attached hydrogens (tertiary/aromatic N) is 1. The highest BCUT2D eigenvalue weighted by Gasteiger charge is 2.34. The van der Waals surface area contributed by atoms with Gasteiger partial charge in [0.2, 0.25) is 0 Å². The highest BCUT2D eigenvalue weighted by molar-refractivity contribution is 6.04. The molecule has 1 aliphatic carbocycles. The minimum atomic E-state index is -1.40. The Labute approximate surface area is 124 Å². The van der Waals surface area contributed by atoms with Crippen molar-refractivity contribution in [3.63, 3.8) is 0 Å². The maximum Gasteiger partial charge on any atom is 0.274 e. The fraction of sp³-hybridized carbons (Fsp3) is 0.333.